The highest BCUT2D eigenvalue weighted by atomic mass is 32.1. The molecule has 0 radical (unpaired) electrons. The lowest BCUT2D eigenvalue weighted by Crippen LogP contribution is -2.21. The largest absolute Gasteiger partial charge is 0.326 e. The summed E-state index contributed by atoms with van der Waals surface area (Å²) in [6.45, 7) is 5.14. The van der Waals surface area contributed by atoms with Crippen molar-refractivity contribution in [3.05, 3.63) is 23.6 Å². The molecule has 0 bridgehead atoms. The van der Waals surface area contributed by atoms with E-state index < -0.39 is 0 Å². The number of aromatic nitrogens is 3. The Bertz CT molecular complexity index is 525. The van der Waals surface area contributed by atoms with E-state index in [0.29, 0.717) is 12.1 Å². The van der Waals surface area contributed by atoms with Gasteiger partial charge in [0.2, 0.25) is 0 Å². The first kappa shape index (κ1) is 11.9. The average Bonchev–Trinajstić information content (AvgIpc) is 2.91. The van der Waals surface area contributed by atoms with Crippen molar-refractivity contribution in [3.8, 4) is 10.7 Å². The quantitative estimate of drug-likeness (QED) is 0.901. The molecule has 5 heteroatoms. The van der Waals surface area contributed by atoms with Gasteiger partial charge in [-0.05, 0) is 12.8 Å². The molecule has 3 rings (SSSR count). The lowest BCUT2D eigenvalue weighted by molar-refractivity contribution is 0.583. The Labute approximate surface area is 111 Å². The van der Waals surface area contributed by atoms with Crippen molar-refractivity contribution < 1.29 is 0 Å². The number of nitrogens with one attached hydrogen (secondary N) is 1. The molecular weight excluding hydrogens is 244 g/mol. The van der Waals surface area contributed by atoms with Gasteiger partial charge in [0, 0.05) is 24.0 Å². The molecule has 96 valence electrons. The van der Waals surface area contributed by atoms with Gasteiger partial charge in [-0.15, -0.1) is 11.3 Å². The zero-order chi connectivity index (χ0) is 12.5. The molecule has 0 unspecified atom stereocenters. The normalized spacial score (nSPS) is 15.5. The van der Waals surface area contributed by atoms with Crippen LogP contribution in [0.5, 0.6) is 0 Å². The van der Waals surface area contributed by atoms with Crippen molar-refractivity contribution >= 4 is 11.3 Å². The van der Waals surface area contributed by atoms with Gasteiger partial charge in [-0.3, -0.25) is 0 Å². The van der Waals surface area contributed by atoms with Crippen LogP contribution in [0.15, 0.2) is 17.9 Å². The standard InChI is InChI=1S/C13H18N4S/c1-9(2)15-5-10-7-18-13(16-10)12-6-14-8-17(12)11-3-4-11/h6-9,11,15H,3-5H2,1-2H3. The molecular formula is C13H18N4S. The summed E-state index contributed by atoms with van der Waals surface area (Å²) in [4.78, 5) is 8.95. The van der Waals surface area contributed by atoms with Gasteiger partial charge in [0.05, 0.1) is 23.9 Å². The Morgan fingerprint density at radius 1 is 1.50 bits per heavy atom. The number of hydrogen-bond donors (Lipinski definition) is 1. The minimum atomic E-state index is 0.493. The molecule has 1 aliphatic rings. The van der Waals surface area contributed by atoms with Crippen molar-refractivity contribution in [1.29, 1.82) is 0 Å². The van der Waals surface area contributed by atoms with Crippen molar-refractivity contribution in [1.82, 2.24) is 19.9 Å². The van der Waals surface area contributed by atoms with Gasteiger partial charge in [0.25, 0.3) is 0 Å². The second kappa shape index (κ2) is 4.82. The van der Waals surface area contributed by atoms with Crippen LogP contribution >= 0.6 is 11.3 Å². The molecule has 4 nitrogen and oxygen atoms in total. The van der Waals surface area contributed by atoms with Gasteiger partial charge in [-0.1, -0.05) is 13.8 Å². The minimum Gasteiger partial charge on any atom is -0.326 e. The molecule has 1 saturated carbocycles. The van der Waals surface area contributed by atoms with Crippen LogP contribution in [0.2, 0.25) is 0 Å². The summed E-state index contributed by atoms with van der Waals surface area (Å²) in [5.74, 6) is 0. The summed E-state index contributed by atoms with van der Waals surface area (Å²) >= 11 is 1.71. The molecule has 1 aliphatic carbocycles. The smallest absolute Gasteiger partial charge is 0.141 e. The molecule has 1 fully saturated rings. The molecule has 1 N–H and O–H groups in total. The van der Waals surface area contributed by atoms with E-state index in [2.05, 4.69) is 34.1 Å². The van der Waals surface area contributed by atoms with Crippen LogP contribution in [0, 0.1) is 0 Å². The van der Waals surface area contributed by atoms with Gasteiger partial charge in [0.15, 0.2) is 0 Å². The molecule has 2 heterocycles. The average molecular weight is 262 g/mol. The van der Waals surface area contributed by atoms with Crippen LogP contribution in [0.4, 0.5) is 0 Å². The van der Waals surface area contributed by atoms with E-state index in [-0.39, 0.29) is 0 Å². The van der Waals surface area contributed by atoms with Gasteiger partial charge in [0.1, 0.15) is 5.01 Å². The molecule has 0 amide bonds. The molecule has 0 spiro atoms. The monoisotopic (exact) mass is 262 g/mol. The second-order valence-corrected chi connectivity index (χ2v) is 5.96. The first-order chi connectivity index (χ1) is 8.74. The zero-order valence-corrected chi connectivity index (χ0v) is 11.6. The van der Waals surface area contributed by atoms with Crippen molar-refractivity contribution in [2.75, 3.05) is 0 Å². The zero-order valence-electron chi connectivity index (χ0n) is 10.8. The molecule has 0 aromatic carbocycles. The number of thiazole rings is 1. The Hall–Kier alpha value is -1.20. The summed E-state index contributed by atoms with van der Waals surface area (Å²) < 4.78 is 2.26. The number of hydrogen-bond acceptors (Lipinski definition) is 4. The summed E-state index contributed by atoms with van der Waals surface area (Å²) in [5, 5.41) is 6.61. The van der Waals surface area contributed by atoms with E-state index in [9.17, 15) is 0 Å². The number of imidazole rings is 1. The lowest BCUT2D eigenvalue weighted by atomic mass is 10.3. The van der Waals surface area contributed by atoms with Crippen LogP contribution in [-0.4, -0.2) is 20.6 Å². The van der Waals surface area contributed by atoms with Crippen molar-refractivity contribution in [2.24, 2.45) is 0 Å². The lowest BCUT2D eigenvalue weighted by Gasteiger charge is -2.05. The fourth-order valence-electron chi connectivity index (χ4n) is 1.93. The van der Waals surface area contributed by atoms with E-state index in [1.807, 2.05) is 12.5 Å². The van der Waals surface area contributed by atoms with Crippen LogP contribution < -0.4 is 5.32 Å². The minimum absolute atomic E-state index is 0.493. The highest BCUT2D eigenvalue weighted by molar-refractivity contribution is 7.13. The third kappa shape index (κ3) is 2.47. The van der Waals surface area contributed by atoms with E-state index in [0.717, 1.165) is 17.2 Å². The number of nitrogens with zero attached hydrogens (tertiary/aromatic N) is 3. The second-order valence-electron chi connectivity index (χ2n) is 5.10. The Morgan fingerprint density at radius 3 is 3.06 bits per heavy atom. The predicted octanol–water partition coefficient (Wildman–Crippen LogP) is 2.84. The van der Waals surface area contributed by atoms with Crippen molar-refractivity contribution in [2.45, 2.75) is 45.3 Å². The number of rotatable bonds is 5. The Kier molecular flexibility index (Phi) is 3.18. The Morgan fingerprint density at radius 2 is 2.33 bits per heavy atom. The van der Waals surface area contributed by atoms with E-state index >= 15 is 0 Å². The van der Waals surface area contributed by atoms with Crippen molar-refractivity contribution in [3.63, 3.8) is 0 Å². The van der Waals surface area contributed by atoms with Crippen LogP contribution in [0.3, 0.4) is 0 Å². The maximum atomic E-state index is 4.69. The maximum Gasteiger partial charge on any atom is 0.141 e. The first-order valence-electron chi connectivity index (χ1n) is 6.44. The molecule has 0 aliphatic heterocycles. The van der Waals surface area contributed by atoms with Gasteiger partial charge in [-0.25, -0.2) is 9.97 Å². The third-order valence-electron chi connectivity index (χ3n) is 3.07. The van der Waals surface area contributed by atoms with E-state index in [1.165, 1.54) is 18.5 Å². The highest BCUT2D eigenvalue weighted by Gasteiger charge is 2.26. The molecule has 2 aromatic heterocycles. The molecule has 2 aromatic rings. The molecule has 0 atom stereocenters. The van der Waals surface area contributed by atoms with Gasteiger partial charge >= 0.3 is 0 Å². The van der Waals surface area contributed by atoms with Gasteiger partial charge < -0.3 is 9.88 Å². The highest BCUT2D eigenvalue weighted by Crippen LogP contribution is 2.38. The third-order valence-corrected chi connectivity index (χ3v) is 3.98. The summed E-state index contributed by atoms with van der Waals surface area (Å²) in [6.07, 6.45) is 6.41. The predicted molar refractivity (Wildman–Crippen MR) is 73.6 cm³/mol. The van der Waals surface area contributed by atoms with Crippen LogP contribution in [0.1, 0.15) is 38.4 Å². The molecule has 18 heavy (non-hydrogen) atoms. The van der Waals surface area contributed by atoms with E-state index in [4.69, 9.17) is 4.98 Å². The summed E-state index contributed by atoms with van der Waals surface area (Å²) in [6, 6.07) is 1.15. The SMILES string of the molecule is CC(C)NCc1csc(-c2cncn2C2CC2)n1. The van der Waals surface area contributed by atoms with Crippen LogP contribution in [0.25, 0.3) is 10.7 Å². The fourth-order valence-corrected chi connectivity index (χ4v) is 2.76. The maximum absolute atomic E-state index is 4.69. The fraction of sp³-hybridized carbons (Fsp3) is 0.538. The van der Waals surface area contributed by atoms with Gasteiger partial charge in [-0.2, -0.15) is 0 Å². The molecule has 0 saturated heterocycles. The topological polar surface area (TPSA) is 42.7 Å². The Balaban J connectivity index is 1.77. The summed E-state index contributed by atoms with van der Waals surface area (Å²) in [7, 11) is 0. The summed E-state index contributed by atoms with van der Waals surface area (Å²) in [5.41, 5.74) is 2.28. The first-order valence-corrected chi connectivity index (χ1v) is 7.32. The van der Waals surface area contributed by atoms with Crippen LogP contribution in [-0.2, 0) is 6.54 Å². The van der Waals surface area contributed by atoms with E-state index in [1.54, 1.807) is 11.3 Å².